The number of allylic oxidation sites excluding steroid dienone is 1. The molecular formula is C24H23FN2O3S. The van der Waals surface area contributed by atoms with Gasteiger partial charge in [-0.1, -0.05) is 6.08 Å². The average molecular weight is 439 g/mol. The average Bonchev–Trinajstić information content (AvgIpc) is 3.18. The van der Waals surface area contributed by atoms with Gasteiger partial charge in [0, 0.05) is 16.8 Å². The minimum absolute atomic E-state index is 0.161. The third kappa shape index (κ3) is 2.62. The van der Waals surface area contributed by atoms with Gasteiger partial charge in [-0.15, -0.1) is 11.8 Å². The Morgan fingerprint density at radius 1 is 1.13 bits per heavy atom. The van der Waals surface area contributed by atoms with Gasteiger partial charge in [-0.2, -0.15) is 0 Å². The number of anilines is 2. The van der Waals surface area contributed by atoms with Gasteiger partial charge in [0.1, 0.15) is 11.6 Å². The van der Waals surface area contributed by atoms with E-state index in [-0.39, 0.29) is 17.6 Å². The topological polar surface area (TPSA) is 49.9 Å². The molecule has 1 saturated heterocycles. The number of thioether (sulfide) groups is 1. The number of benzene rings is 2. The predicted molar refractivity (Wildman–Crippen MR) is 121 cm³/mol. The highest BCUT2D eigenvalue weighted by molar-refractivity contribution is 8.02. The highest BCUT2D eigenvalue weighted by Gasteiger charge is 2.64. The molecular weight excluding hydrogens is 415 g/mol. The van der Waals surface area contributed by atoms with E-state index in [1.165, 1.54) is 28.8 Å². The number of rotatable bonds is 3. The Bertz CT molecular complexity index is 1160. The third-order valence-corrected chi connectivity index (χ3v) is 7.49. The largest absolute Gasteiger partial charge is 0.494 e. The van der Waals surface area contributed by atoms with Crippen molar-refractivity contribution in [3.63, 3.8) is 0 Å². The Hall–Kier alpha value is -2.80. The highest BCUT2D eigenvalue weighted by atomic mass is 32.2. The fraction of sp³-hybridized carbons (Fsp3) is 0.333. The lowest BCUT2D eigenvalue weighted by Gasteiger charge is -2.40. The maximum Gasteiger partial charge on any atom is 0.269 e. The molecule has 5 rings (SSSR count). The zero-order chi connectivity index (χ0) is 22.1. The van der Waals surface area contributed by atoms with Crippen LogP contribution in [0.2, 0.25) is 0 Å². The summed E-state index contributed by atoms with van der Waals surface area (Å²) in [6.07, 6.45) is 2.08. The Morgan fingerprint density at radius 3 is 2.52 bits per heavy atom. The van der Waals surface area contributed by atoms with Crippen molar-refractivity contribution in [2.24, 2.45) is 0 Å². The first kappa shape index (κ1) is 20.1. The number of halogens is 1. The van der Waals surface area contributed by atoms with Crippen LogP contribution in [-0.4, -0.2) is 29.7 Å². The molecule has 2 amide bonds. The lowest BCUT2D eigenvalue weighted by molar-refractivity contribution is -0.124. The van der Waals surface area contributed by atoms with E-state index in [0.29, 0.717) is 18.0 Å². The van der Waals surface area contributed by atoms with Crippen molar-refractivity contribution in [3.05, 3.63) is 59.4 Å². The van der Waals surface area contributed by atoms with E-state index in [1.807, 2.05) is 44.7 Å². The van der Waals surface area contributed by atoms with Gasteiger partial charge in [0.2, 0.25) is 10.8 Å². The molecule has 7 heteroatoms. The number of ether oxygens (including phenoxy) is 1. The number of nitrogens with zero attached hydrogens (tertiary/aromatic N) is 2. The van der Waals surface area contributed by atoms with Crippen LogP contribution in [0.5, 0.6) is 5.75 Å². The highest BCUT2D eigenvalue weighted by Crippen LogP contribution is 2.60. The number of hydrogen-bond acceptors (Lipinski definition) is 4. The molecule has 1 fully saturated rings. The predicted octanol–water partition coefficient (Wildman–Crippen LogP) is 4.70. The van der Waals surface area contributed by atoms with Gasteiger partial charge in [0.05, 0.1) is 23.6 Å². The monoisotopic (exact) mass is 438 g/mol. The standard InChI is InChI=1S/C24H23FN2O3S/c1-5-30-17-10-18-14(2)12-23(3,4)27-21(18)19(11-17)24(22(27)29)26(20(28)13-31-24)16-8-6-15(25)7-9-16/h6-12H,5,13H2,1-4H3/t24-/m1/s1. The molecule has 1 atom stereocenters. The van der Waals surface area contributed by atoms with Crippen LogP contribution < -0.4 is 14.5 Å². The van der Waals surface area contributed by atoms with Crippen LogP contribution in [0.25, 0.3) is 5.57 Å². The first-order valence-electron chi connectivity index (χ1n) is 10.3. The second kappa shape index (κ2) is 6.60. The maximum atomic E-state index is 14.2. The third-order valence-electron chi connectivity index (χ3n) is 6.10. The molecule has 0 radical (unpaired) electrons. The van der Waals surface area contributed by atoms with Gasteiger partial charge in [-0.25, -0.2) is 4.39 Å². The van der Waals surface area contributed by atoms with Crippen LogP contribution in [0.4, 0.5) is 15.8 Å². The molecule has 3 aliphatic rings. The molecule has 0 aromatic heterocycles. The molecule has 0 unspecified atom stereocenters. The Labute approximate surface area is 184 Å². The number of hydrogen-bond donors (Lipinski definition) is 0. The molecule has 1 spiro atoms. The number of fused-ring (bicyclic) bond motifs is 1. The first-order chi connectivity index (χ1) is 14.7. The summed E-state index contributed by atoms with van der Waals surface area (Å²) in [4.78, 5) is 29.4. The Morgan fingerprint density at radius 2 is 1.84 bits per heavy atom. The summed E-state index contributed by atoms with van der Waals surface area (Å²) >= 11 is 1.32. The van der Waals surface area contributed by atoms with Crippen molar-refractivity contribution >= 4 is 40.5 Å². The van der Waals surface area contributed by atoms with E-state index < -0.39 is 16.2 Å². The van der Waals surface area contributed by atoms with Crippen LogP contribution in [0, 0.1) is 5.82 Å². The van der Waals surface area contributed by atoms with Gasteiger partial charge in [-0.05, 0) is 69.7 Å². The summed E-state index contributed by atoms with van der Waals surface area (Å²) in [5.74, 6) is 0.0971. The van der Waals surface area contributed by atoms with Crippen molar-refractivity contribution in [2.45, 2.75) is 38.1 Å². The van der Waals surface area contributed by atoms with E-state index in [2.05, 4.69) is 6.08 Å². The minimum Gasteiger partial charge on any atom is -0.494 e. The Balaban J connectivity index is 1.81. The summed E-state index contributed by atoms with van der Waals surface area (Å²) in [6, 6.07) is 9.58. The summed E-state index contributed by atoms with van der Waals surface area (Å²) in [5.41, 5.74) is 3.52. The van der Waals surface area contributed by atoms with Crippen LogP contribution >= 0.6 is 11.8 Å². The molecule has 3 aliphatic heterocycles. The summed E-state index contributed by atoms with van der Waals surface area (Å²) in [7, 11) is 0. The fourth-order valence-corrected chi connectivity index (χ4v) is 6.31. The zero-order valence-electron chi connectivity index (χ0n) is 17.9. The molecule has 3 heterocycles. The van der Waals surface area contributed by atoms with Crippen molar-refractivity contribution in [2.75, 3.05) is 22.2 Å². The molecule has 0 bridgehead atoms. The van der Waals surface area contributed by atoms with Crippen LogP contribution in [0.3, 0.4) is 0 Å². The van der Waals surface area contributed by atoms with E-state index in [1.54, 1.807) is 12.1 Å². The SMILES string of the molecule is CCOc1cc2c3c(c1)[C@@]1(SCC(=O)N1c1ccc(F)cc1)C(=O)N3C(C)(C)C=C2C. The number of amides is 2. The van der Waals surface area contributed by atoms with E-state index >= 15 is 0 Å². The number of carbonyl (C=O) groups excluding carboxylic acids is 2. The van der Waals surface area contributed by atoms with Gasteiger partial charge in [0.15, 0.2) is 0 Å². The molecule has 0 saturated carbocycles. The van der Waals surface area contributed by atoms with E-state index in [4.69, 9.17) is 4.74 Å². The lowest BCUT2D eigenvalue weighted by Crippen LogP contribution is -2.54. The first-order valence-corrected chi connectivity index (χ1v) is 11.3. The van der Waals surface area contributed by atoms with Crippen molar-refractivity contribution < 1.29 is 18.7 Å². The molecule has 5 nitrogen and oxygen atoms in total. The summed E-state index contributed by atoms with van der Waals surface area (Å²) < 4.78 is 19.4. The van der Waals surface area contributed by atoms with Crippen molar-refractivity contribution in [1.82, 2.24) is 0 Å². The summed E-state index contributed by atoms with van der Waals surface area (Å²) in [5, 5.41) is 0. The molecule has 0 N–H and O–H groups in total. The van der Waals surface area contributed by atoms with Gasteiger partial charge < -0.3 is 4.74 Å². The lowest BCUT2D eigenvalue weighted by atomic mass is 9.89. The number of carbonyl (C=O) groups is 2. The normalized spacial score (nSPS) is 23.5. The molecule has 31 heavy (non-hydrogen) atoms. The second-order valence-corrected chi connectivity index (χ2v) is 9.73. The minimum atomic E-state index is -1.25. The Kier molecular flexibility index (Phi) is 4.28. The quantitative estimate of drug-likeness (QED) is 0.697. The van der Waals surface area contributed by atoms with Crippen LogP contribution in [0.15, 0.2) is 42.5 Å². The van der Waals surface area contributed by atoms with Crippen molar-refractivity contribution in [3.8, 4) is 5.75 Å². The van der Waals surface area contributed by atoms with Gasteiger partial charge in [-0.3, -0.25) is 19.4 Å². The molecule has 2 aromatic rings. The maximum absolute atomic E-state index is 14.2. The smallest absolute Gasteiger partial charge is 0.269 e. The molecule has 160 valence electrons. The van der Waals surface area contributed by atoms with Crippen molar-refractivity contribution in [1.29, 1.82) is 0 Å². The molecule has 2 aromatic carbocycles. The van der Waals surface area contributed by atoms with Gasteiger partial charge >= 0.3 is 0 Å². The zero-order valence-corrected chi connectivity index (χ0v) is 18.7. The van der Waals surface area contributed by atoms with Gasteiger partial charge in [0.25, 0.3) is 5.91 Å². The van der Waals surface area contributed by atoms with Crippen LogP contribution in [0.1, 0.15) is 38.8 Å². The van der Waals surface area contributed by atoms with E-state index in [9.17, 15) is 14.0 Å². The summed E-state index contributed by atoms with van der Waals surface area (Å²) in [6.45, 7) is 8.44. The van der Waals surface area contributed by atoms with E-state index in [0.717, 1.165) is 22.4 Å². The van der Waals surface area contributed by atoms with Crippen LogP contribution in [-0.2, 0) is 14.5 Å². The fourth-order valence-electron chi connectivity index (χ4n) is 4.99. The second-order valence-electron chi connectivity index (χ2n) is 8.56. The molecule has 0 aliphatic carbocycles.